The van der Waals surface area contributed by atoms with Crippen molar-refractivity contribution in [1.29, 1.82) is 0 Å². The summed E-state index contributed by atoms with van der Waals surface area (Å²) in [7, 11) is 0. The lowest BCUT2D eigenvalue weighted by Crippen LogP contribution is -1.75. The first-order chi connectivity index (χ1) is 6.91. The lowest BCUT2D eigenvalue weighted by Gasteiger charge is -1.95. The summed E-state index contributed by atoms with van der Waals surface area (Å²) in [5, 5.41) is 0. The molecule has 0 aromatic rings. The van der Waals surface area contributed by atoms with Gasteiger partial charge in [-0.1, -0.05) is 64.5 Å². The molecular weight excluding hydrogens is 168 g/mol. The van der Waals surface area contributed by atoms with Gasteiger partial charge in [0.05, 0.1) is 0 Å². The molecule has 0 aromatic heterocycles. The summed E-state index contributed by atoms with van der Waals surface area (Å²) in [6.45, 7) is 6.11. The molecule has 0 bridgehead atoms. The Morgan fingerprint density at radius 2 is 1.36 bits per heavy atom. The fraction of sp³-hybridized carbons (Fsp3) is 0.786. The lowest BCUT2D eigenvalue weighted by molar-refractivity contribution is 0.670. The first-order valence-electron chi connectivity index (χ1n) is 6.36. The average molecular weight is 195 g/mol. The molecular formula is C14H27. The molecule has 0 saturated carbocycles. The Bertz CT molecular complexity index is 99.2. The van der Waals surface area contributed by atoms with Crippen molar-refractivity contribution in [3.8, 4) is 0 Å². The summed E-state index contributed by atoms with van der Waals surface area (Å²) < 4.78 is 0. The van der Waals surface area contributed by atoms with Gasteiger partial charge < -0.3 is 0 Å². The fourth-order valence-corrected chi connectivity index (χ4v) is 1.54. The first kappa shape index (κ1) is 13.7. The second kappa shape index (κ2) is 12.7. The number of hydrogen-bond donors (Lipinski definition) is 0. The zero-order valence-electron chi connectivity index (χ0n) is 9.93. The average Bonchev–Trinajstić information content (AvgIpc) is 2.21. The zero-order valence-corrected chi connectivity index (χ0v) is 9.93. The molecule has 0 aliphatic rings. The van der Waals surface area contributed by atoms with Crippen molar-refractivity contribution in [2.75, 3.05) is 0 Å². The second-order valence-corrected chi connectivity index (χ2v) is 4.02. The van der Waals surface area contributed by atoms with E-state index in [2.05, 4.69) is 26.0 Å². The van der Waals surface area contributed by atoms with E-state index >= 15 is 0 Å². The Morgan fingerprint density at radius 1 is 0.786 bits per heavy atom. The molecule has 83 valence electrons. The third-order valence-corrected chi connectivity index (χ3v) is 2.51. The van der Waals surface area contributed by atoms with Gasteiger partial charge in [-0.2, -0.15) is 0 Å². The van der Waals surface area contributed by atoms with E-state index in [9.17, 15) is 0 Å². The molecule has 0 saturated heterocycles. The predicted octanol–water partition coefficient (Wildman–Crippen LogP) is 5.30. The van der Waals surface area contributed by atoms with Crippen molar-refractivity contribution in [2.45, 2.75) is 71.1 Å². The number of allylic oxidation sites excluding steroid dienone is 2. The van der Waals surface area contributed by atoms with Crippen LogP contribution in [0.5, 0.6) is 0 Å². The van der Waals surface area contributed by atoms with Gasteiger partial charge in [0.25, 0.3) is 0 Å². The van der Waals surface area contributed by atoms with E-state index in [0.29, 0.717) is 0 Å². The third-order valence-electron chi connectivity index (χ3n) is 2.51. The molecule has 0 N–H and O–H groups in total. The normalized spacial score (nSPS) is 11.3. The Balaban J connectivity index is 2.96. The highest BCUT2D eigenvalue weighted by Gasteiger charge is 1.86. The second-order valence-electron chi connectivity index (χ2n) is 4.02. The van der Waals surface area contributed by atoms with Crippen LogP contribution in [0.4, 0.5) is 0 Å². The topological polar surface area (TPSA) is 0 Å². The van der Waals surface area contributed by atoms with Gasteiger partial charge in [-0.3, -0.25) is 0 Å². The van der Waals surface area contributed by atoms with Crippen LogP contribution in [-0.2, 0) is 0 Å². The first-order valence-corrected chi connectivity index (χ1v) is 6.36. The molecule has 0 spiro atoms. The molecule has 0 nitrogen and oxygen atoms in total. The maximum absolute atomic E-state index is 3.84. The maximum atomic E-state index is 3.84. The van der Waals surface area contributed by atoms with E-state index < -0.39 is 0 Å². The molecule has 1 radical (unpaired) electrons. The molecule has 0 amide bonds. The molecule has 0 fully saturated rings. The van der Waals surface area contributed by atoms with Gasteiger partial charge in [0, 0.05) is 0 Å². The van der Waals surface area contributed by atoms with Crippen molar-refractivity contribution < 1.29 is 0 Å². The maximum Gasteiger partial charge on any atom is -0.0351 e. The minimum absolute atomic E-state index is 1.10. The van der Waals surface area contributed by atoms with Crippen LogP contribution in [0, 0.1) is 6.92 Å². The zero-order chi connectivity index (χ0) is 10.5. The quantitative estimate of drug-likeness (QED) is 0.328. The van der Waals surface area contributed by atoms with Crippen LogP contribution in [0.1, 0.15) is 71.1 Å². The van der Waals surface area contributed by atoms with Gasteiger partial charge in [-0.05, 0) is 25.7 Å². The van der Waals surface area contributed by atoms with Gasteiger partial charge >= 0.3 is 0 Å². The highest BCUT2D eigenvalue weighted by atomic mass is 13.9. The van der Waals surface area contributed by atoms with E-state index in [-0.39, 0.29) is 0 Å². The molecule has 0 heteroatoms. The van der Waals surface area contributed by atoms with Crippen molar-refractivity contribution in [3.63, 3.8) is 0 Å². The number of unbranched alkanes of at least 4 members (excludes halogenated alkanes) is 8. The minimum Gasteiger partial charge on any atom is -0.0885 e. The van der Waals surface area contributed by atoms with Crippen LogP contribution >= 0.6 is 0 Å². The van der Waals surface area contributed by atoms with E-state index in [1.165, 1.54) is 57.8 Å². The number of hydrogen-bond acceptors (Lipinski definition) is 0. The summed E-state index contributed by atoms with van der Waals surface area (Å²) >= 11 is 0. The Hall–Kier alpha value is -0.260. The molecule has 0 aliphatic heterocycles. The van der Waals surface area contributed by atoms with Gasteiger partial charge in [0.2, 0.25) is 0 Å². The number of rotatable bonds is 10. The smallest absolute Gasteiger partial charge is 0.0351 e. The standard InChI is InChI=1S/C14H27/c1-3-5-7-9-11-13-14-12-10-8-6-4-2/h13-14H,1,3-12H2,2H3/b14-13+. The molecule has 0 aliphatic carbocycles. The minimum atomic E-state index is 1.10. The van der Waals surface area contributed by atoms with Crippen molar-refractivity contribution in [3.05, 3.63) is 19.1 Å². The highest BCUT2D eigenvalue weighted by molar-refractivity contribution is 4.81. The molecule has 14 heavy (non-hydrogen) atoms. The van der Waals surface area contributed by atoms with Crippen LogP contribution in [0.15, 0.2) is 12.2 Å². The summed E-state index contributed by atoms with van der Waals surface area (Å²) in [4.78, 5) is 0. The molecule has 0 atom stereocenters. The molecule has 0 heterocycles. The van der Waals surface area contributed by atoms with Crippen molar-refractivity contribution in [2.24, 2.45) is 0 Å². The highest BCUT2D eigenvalue weighted by Crippen LogP contribution is 2.05. The Labute approximate surface area is 90.8 Å². The molecule has 0 aromatic carbocycles. The van der Waals surface area contributed by atoms with Crippen LogP contribution < -0.4 is 0 Å². The van der Waals surface area contributed by atoms with E-state index in [0.717, 1.165) is 6.42 Å². The third kappa shape index (κ3) is 11.7. The van der Waals surface area contributed by atoms with Gasteiger partial charge in [-0.15, -0.1) is 0 Å². The van der Waals surface area contributed by atoms with Gasteiger partial charge in [0.1, 0.15) is 0 Å². The largest absolute Gasteiger partial charge is 0.0885 e. The van der Waals surface area contributed by atoms with Crippen LogP contribution in [0.3, 0.4) is 0 Å². The van der Waals surface area contributed by atoms with E-state index in [1.54, 1.807) is 0 Å². The summed E-state index contributed by atoms with van der Waals surface area (Å²) in [6, 6.07) is 0. The molecule has 0 rings (SSSR count). The van der Waals surface area contributed by atoms with Gasteiger partial charge in [-0.25, -0.2) is 0 Å². The Kier molecular flexibility index (Phi) is 12.5. The Morgan fingerprint density at radius 3 is 1.86 bits per heavy atom. The summed E-state index contributed by atoms with van der Waals surface area (Å²) in [5.41, 5.74) is 0. The lowest BCUT2D eigenvalue weighted by atomic mass is 10.1. The van der Waals surface area contributed by atoms with Crippen LogP contribution in [-0.4, -0.2) is 0 Å². The van der Waals surface area contributed by atoms with E-state index in [1.807, 2.05) is 0 Å². The van der Waals surface area contributed by atoms with Crippen LogP contribution in [0.25, 0.3) is 0 Å². The monoisotopic (exact) mass is 195 g/mol. The SMILES string of the molecule is [CH2]CCCCC/C=C/CCCCCC. The van der Waals surface area contributed by atoms with Gasteiger partial charge in [0.15, 0.2) is 0 Å². The fourth-order valence-electron chi connectivity index (χ4n) is 1.54. The van der Waals surface area contributed by atoms with E-state index in [4.69, 9.17) is 0 Å². The predicted molar refractivity (Wildman–Crippen MR) is 66.3 cm³/mol. The van der Waals surface area contributed by atoms with Crippen molar-refractivity contribution >= 4 is 0 Å². The van der Waals surface area contributed by atoms with Crippen LogP contribution in [0.2, 0.25) is 0 Å². The van der Waals surface area contributed by atoms with Crippen molar-refractivity contribution in [1.82, 2.24) is 0 Å². The summed E-state index contributed by atoms with van der Waals surface area (Å²) in [6.07, 6.45) is 17.9. The summed E-state index contributed by atoms with van der Waals surface area (Å²) in [5.74, 6) is 0. The molecule has 0 unspecified atom stereocenters.